The van der Waals surface area contributed by atoms with E-state index >= 15 is 0 Å². The number of halogens is 3. The quantitative estimate of drug-likeness (QED) is 0.304. The maximum Gasteiger partial charge on any atom is 0.516 e. The molecule has 1 amide bonds. The number of alkyl halides is 3. The van der Waals surface area contributed by atoms with Gasteiger partial charge in [0.1, 0.15) is 11.5 Å². The molecular formula is C30H35F3N2O6S. The number of amides is 1. The fourth-order valence-electron chi connectivity index (χ4n) is 5.64. The molecule has 2 atom stereocenters. The van der Waals surface area contributed by atoms with Crippen LogP contribution in [0.15, 0.2) is 54.9 Å². The minimum absolute atomic E-state index is 0.0454. The molecule has 8 nitrogen and oxygen atoms in total. The van der Waals surface area contributed by atoms with Crippen LogP contribution in [0.5, 0.6) is 11.5 Å². The van der Waals surface area contributed by atoms with Crippen LogP contribution in [-0.4, -0.2) is 43.7 Å². The summed E-state index contributed by atoms with van der Waals surface area (Å²) in [5.41, 5.74) is -0.819. The van der Waals surface area contributed by atoms with E-state index in [2.05, 4.69) is 12.1 Å². The highest BCUT2D eigenvalue weighted by atomic mass is 32.2. The number of aliphatic hydroxyl groups excluding tert-OH is 1. The molecule has 0 saturated carbocycles. The molecule has 12 heteroatoms. The molecule has 0 unspecified atom stereocenters. The molecule has 42 heavy (non-hydrogen) atoms. The van der Waals surface area contributed by atoms with E-state index in [1.807, 2.05) is 35.8 Å². The summed E-state index contributed by atoms with van der Waals surface area (Å²) >= 11 is 0. The van der Waals surface area contributed by atoms with Crippen molar-refractivity contribution in [1.82, 2.24) is 9.29 Å². The van der Waals surface area contributed by atoms with Gasteiger partial charge in [-0.15, -0.1) is 0 Å². The van der Waals surface area contributed by atoms with Crippen LogP contribution in [0.1, 0.15) is 46.8 Å². The van der Waals surface area contributed by atoms with Crippen molar-refractivity contribution in [2.45, 2.75) is 57.2 Å². The lowest BCUT2D eigenvalue weighted by Gasteiger charge is -2.27. The minimum atomic E-state index is -5.74. The summed E-state index contributed by atoms with van der Waals surface area (Å²) in [7, 11) is -2.62. The van der Waals surface area contributed by atoms with Crippen LogP contribution in [0.3, 0.4) is 0 Å². The van der Waals surface area contributed by atoms with Gasteiger partial charge in [0.25, 0.3) is 0 Å². The number of nitrogens with zero attached hydrogens (tertiary/aromatic N) is 1. The van der Waals surface area contributed by atoms with Crippen LogP contribution in [0.4, 0.5) is 13.2 Å². The van der Waals surface area contributed by atoms with E-state index in [-0.39, 0.29) is 12.3 Å². The molecule has 1 aromatic heterocycles. The number of benzene rings is 2. The maximum absolute atomic E-state index is 12.6. The topological polar surface area (TPSA) is 107 Å². The zero-order chi connectivity index (χ0) is 30.7. The number of aliphatic hydroxyl groups is 1. The van der Waals surface area contributed by atoms with Gasteiger partial charge in [0.05, 0.1) is 20.3 Å². The molecule has 0 radical (unpaired) electrons. The second kappa shape index (κ2) is 12.8. The van der Waals surface area contributed by atoms with Gasteiger partial charge in [0.2, 0.25) is 5.91 Å². The van der Waals surface area contributed by atoms with Crippen molar-refractivity contribution in [3.63, 3.8) is 0 Å². The van der Waals surface area contributed by atoms with Crippen LogP contribution >= 0.6 is 0 Å². The van der Waals surface area contributed by atoms with Crippen LogP contribution < -0.4 is 14.2 Å². The fourth-order valence-corrected chi connectivity index (χ4v) is 6.15. The number of hydrogen-bond donors (Lipinski definition) is 2. The van der Waals surface area contributed by atoms with E-state index in [9.17, 15) is 31.5 Å². The van der Waals surface area contributed by atoms with E-state index in [1.54, 1.807) is 32.7 Å². The summed E-state index contributed by atoms with van der Waals surface area (Å²) in [6.45, 7) is 2.31. The number of aryl methyl sites for hydroxylation is 1. The first-order chi connectivity index (χ1) is 19.8. The van der Waals surface area contributed by atoms with Crippen LogP contribution in [0.2, 0.25) is 0 Å². The van der Waals surface area contributed by atoms with Gasteiger partial charge in [-0.3, -0.25) is 4.79 Å². The lowest BCUT2D eigenvalue weighted by atomic mass is 9.85. The Morgan fingerprint density at radius 2 is 1.69 bits per heavy atom. The Balaban J connectivity index is 1.50. The molecule has 0 bridgehead atoms. The average Bonchev–Trinajstić information content (AvgIpc) is 3.56. The van der Waals surface area contributed by atoms with E-state index < -0.39 is 34.0 Å². The SMILES string of the molecule is COc1cc([C@@H](O)[C@@H](CC2Cc3ccccc3C2)Cn2ccc(CCC(=O)NS(=O)(=O)C(F)(F)F)c2)cc(OC)c1C. The summed E-state index contributed by atoms with van der Waals surface area (Å²) < 4.78 is 74.0. The first kappa shape index (κ1) is 31.4. The largest absolute Gasteiger partial charge is 0.516 e. The second-order valence-electron chi connectivity index (χ2n) is 10.7. The van der Waals surface area contributed by atoms with Gasteiger partial charge in [-0.25, -0.2) is 4.72 Å². The van der Waals surface area contributed by atoms with Gasteiger partial charge < -0.3 is 19.1 Å². The van der Waals surface area contributed by atoms with Crippen molar-refractivity contribution in [2.24, 2.45) is 11.8 Å². The number of nitrogens with one attached hydrogen (secondary N) is 1. The van der Waals surface area contributed by atoms with Crippen LogP contribution in [0, 0.1) is 18.8 Å². The van der Waals surface area contributed by atoms with Crippen LogP contribution in [0.25, 0.3) is 0 Å². The number of hydrogen-bond acceptors (Lipinski definition) is 6. The molecule has 4 rings (SSSR count). The summed E-state index contributed by atoms with van der Waals surface area (Å²) in [6, 6.07) is 13.7. The Morgan fingerprint density at radius 3 is 2.24 bits per heavy atom. The molecule has 3 aromatic rings. The zero-order valence-corrected chi connectivity index (χ0v) is 24.5. The molecule has 0 spiro atoms. The maximum atomic E-state index is 12.6. The van der Waals surface area contributed by atoms with E-state index in [0.717, 1.165) is 29.5 Å². The van der Waals surface area contributed by atoms with Gasteiger partial charge in [-0.1, -0.05) is 24.3 Å². The smallest absolute Gasteiger partial charge is 0.496 e. The molecule has 0 saturated heterocycles. The number of rotatable bonds is 12. The third-order valence-electron chi connectivity index (χ3n) is 7.78. The highest BCUT2D eigenvalue weighted by Crippen LogP contribution is 2.39. The normalized spacial score (nSPS) is 15.2. The molecule has 1 aliphatic rings. The Bertz CT molecular complexity index is 1470. The van der Waals surface area contributed by atoms with Gasteiger partial charge in [0.15, 0.2) is 0 Å². The number of ether oxygens (including phenoxy) is 2. The molecular weight excluding hydrogens is 573 g/mol. The second-order valence-corrected chi connectivity index (χ2v) is 12.4. The number of fused-ring (bicyclic) bond motifs is 1. The summed E-state index contributed by atoms with van der Waals surface area (Å²) in [6.07, 6.45) is 4.82. The molecule has 2 N–H and O–H groups in total. The Hall–Kier alpha value is -3.51. The number of methoxy groups -OCH3 is 2. The molecule has 1 aliphatic carbocycles. The van der Waals surface area contributed by atoms with Crippen LogP contribution in [-0.2, 0) is 40.6 Å². The van der Waals surface area contributed by atoms with Gasteiger partial charge in [0, 0.05) is 36.8 Å². The van der Waals surface area contributed by atoms with Gasteiger partial charge >= 0.3 is 15.5 Å². The predicted octanol–water partition coefficient (Wildman–Crippen LogP) is 4.87. The number of carbonyl (C=O) groups is 1. The molecule has 0 fully saturated rings. The number of carbonyl (C=O) groups excluding carboxylic acids is 1. The average molecular weight is 609 g/mol. The molecule has 0 aliphatic heterocycles. The Morgan fingerprint density at radius 1 is 1.10 bits per heavy atom. The molecule has 228 valence electrons. The van der Waals surface area contributed by atoms with Crippen molar-refractivity contribution < 1.29 is 41.0 Å². The molecule has 1 heterocycles. The summed E-state index contributed by atoms with van der Waals surface area (Å²) in [5.74, 6) is 0.0675. The first-order valence-electron chi connectivity index (χ1n) is 13.5. The summed E-state index contributed by atoms with van der Waals surface area (Å²) in [5, 5.41) is 11.7. The van der Waals surface area contributed by atoms with Gasteiger partial charge in [-0.2, -0.15) is 21.6 Å². The monoisotopic (exact) mass is 608 g/mol. The van der Waals surface area contributed by atoms with Crippen molar-refractivity contribution in [3.05, 3.63) is 82.7 Å². The number of sulfonamides is 1. The zero-order valence-electron chi connectivity index (χ0n) is 23.6. The van der Waals surface area contributed by atoms with Gasteiger partial charge in [-0.05, 0) is 79.0 Å². The van der Waals surface area contributed by atoms with Crippen molar-refractivity contribution in [1.29, 1.82) is 0 Å². The lowest BCUT2D eigenvalue weighted by Crippen LogP contribution is -2.40. The van der Waals surface area contributed by atoms with Crippen molar-refractivity contribution in [3.8, 4) is 11.5 Å². The van der Waals surface area contributed by atoms with E-state index in [4.69, 9.17) is 9.47 Å². The third-order valence-corrected chi connectivity index (χ3v) is 8.89. The Labute approximate surface area is 243 Å². The third kappa shape index (κ3) is 7.27. The Kier molecular flexibility index (Phi) is 9.56. The summed E-state index contributed by atoms with van der Waals surface area (Å²) in [4.78, 5) is 11.9. The predicted molar refractivity (Wildman–Crippen MR) is 151 cm³/mol. The lowest BCUT2D eigenvalue weighted by molar-refractivity contribution is -0.120. The fraction of sp³-hybridized carbons (Fsp3) is 0.433. The first-order valence-corrected chi connectivity index (χ1v) is 15.0. The minimum Gasteiger partial charge on any atom is -0.496 e. The molecule has 2 aromatic carbocycles. The highest BCUT2D eigenvalue weighted by molar-refractivity contribution is 7.90. The van der Waals surface area contributed by atoms with E-state index in [0.29, 0.717) is 35.1 Å². The van der Waals surface area contributed by atoms with Crippen molar-refractivity contribution >= 4 is 15.9 Å². The van der Waals surface area contributed by atoms with E-state index in [1.165, 1.54) is 11.1 Å². The van der Waals surface area contributed by atoms with Crippen molar-refractivity contribution in [2.75, 3.05) is 14.2 Å². The highest BCUT2D eigenvalue weighted by Gasteiger charge is 2.46. The number of aromatic nitrogens is 1. The standard InChI is InChI=1S/C30H35F3N2O6S/c1-19-26(40-2)15-24(16-27(19)41-3)29(37)25(14-21-12-22-6-4-5-7-23(22)13-21)18-35-11-10-20(17-35)8-9-28(36)34-42(38,39)30(31,32)33/h4-7,10-11,15-17,21,25,29,37H,8-9,12-14,18H2,1-3H3,(H,34,36)/t25-,29+/m0/s1.